The molecule has 0 radical (unpaired) electrons. The molecule has 0 unspecified atom stereocenters. The Labute approximate surface area is 454 Å². The van der Waals surface area contributed by atoms with Crippen LogP contribution in [-0.2, 0) is 40.4 Å². The summed E-state index contributed by atoms with van der Waals surface area (Å²) in [6.07, 6.45) is 7.30. The Morgan fingerprint density at radius 3 is 1.08 bits per heavy atom. The minimum absolute atomic E-state index is 0.0670. The molecular formula is C59H65N11O8. The lowest BCUT2D eigenvalue weighted by Crippen LogP contribution is -2.40. The van der Waals surface area contributed by atoms with E-state index in [0.717, 1.165) is 87.5 Å². The molecule has 19 nitrogen and oxygen atoms in total. The number of nitro groups is 1. The summed E-state index contributed by atoms with van der Waals surface area (Å²) in [6, 6.07) is 34.6. The monoisotopic (exact) mass is 1060 g/mol. The second-order valence-corrected chi connectivity index (χ2v) is 18.8. The maximum absolute atomic E-state index is 12.5. The molecule has 1 aromatic carbocycles. The molecule has 0 N–H and O–H groups in total. The zero-order valence-corrected chi connectivity index (χ0v) is 44.4. The molecule has 78 heavy (non-hydrogen) atoms. The van der Waals surface area contributed by atoms with Crippen molar-refractivity contribution in [3.63, 3.8) is 0 Å². The number of carbonyl (C=O) groups is 3. The van der Waals surface area contributed by atoms with Gasteiger partial charge in [-0.2, -0.15) is 0 Å². The van der Waals surface area contributed by atoms with Crippen LogP contribution in [0.4, 0.5) is 5.69 Å². The van der Waals surface area contributed by atoms with E-state index < -0.39 is 17.9 Å². The van der Waals surface area contributed by atoms with Gasteiger partial charge in [-0.25, -0.2) is 29.3 Å². The fourth-order valence-corrected chi connectivity index (χ4v) is 9.18. The third-order valence-corrected chi connectivity index (χ3v) is 13.1. The molecule has 0 bridgehead atoms. The van der Waals surface area contributed by atoms with Crippen LogP contribution in [0.5, 0.6) is 0 Å². The molecule has 0 saturated carbocycles. The van der Waals surface area contributed by atoms with Crippen molar-refractivity contribution in [1.29, 1.82) is 0 Å². The van der Waals surface area contributed by atoms with Crippen molar-refractivity contribution in [3.8, 4) is 34.2 Å². The minimum Gasteiger partial charge on any atom is -0.461 e. The highest BCUT2D eigenvalue weighted by Crippen LogP contribution is 2.22. The Hall–Kier alpha value is -8.23. The van der Waals surface area contributed by atoms with Crippen molar-refractivity contribution < 1.29 is 33.5 Å². The molecule has 1 saturated heterocycles. The van der Waals surface area contributed by atoms with E-state index in [9.17, 15) is 24.5 Å². The number of carbonyl (C=O) groups excluding carboxylic acids is 3. The molecule has 0 spiro atoms. The summed E-state index contributed by atoms with van der Waals surface area (Å²) in [7, 11) is 0. The SMILES string of the molecule is CCOC(=O)c1cccc(-c2ccc(CN3CCCN(Cc4ccc(-c5cccc(C(=O)OCC)n5)nc4)CCN(Cc4cccc([N+](=O)[O-])c4)CCCN(Cc4ccc(-c5cccc(C(=O)OCC)n5)nc4)CC3)cn2)n1. The maximum atomic E-state index is 12.5. The third-order valence-electron chi connectivity index (χ3n) is 13.1. The number of aromatic nitrogens is 6. The van der Waals surface area contributed by atoms with E-state index >= 15 is 0 Å². The number of hydrogen-bond acceptors (Lipinski definition) is 18. The van der Waals surface area contributed by atoms with Gasteiger partial charge in [0.1, 0.15) is 17.1 Å². The highest BCUT2D eigenvalue weighted by atomic mass is 16.6. The number of nitro benzene ring substituents is 1. The summed E-state index contributed by atoms with van der Waals surface area (Å²) < 4.78 is 15.5. The fraction of sp³-hybridized carbons (Fsp3) is 0.339. The maximum Gasteiger partial charge on any atom is 0.356 e. The number of pyridine rings is 6. The summed E-state index contributed by atoms with van der Waals surface area (Å²) in [6.45, 7) is 14.6. The Morgan fingerprint density at radius 2 is 0.769 bits per heavy atom. The number of esters is 3. The number of hydrogen-bond donors (Lipinski definition) is 0. The minimum atomic E-state index is -0.481. The summed E-state index contributed by atoms with van der Waals surface area (Å²) in [5, 5.41) is 11.8. The molecular weight excluding hydrogens is 991 g/mol. The first kappa shape index (κ1) is 56.0. The highest BCUT2D eigenvalue weighted by molar-refractivity contribution is 5.89. The van der Waals surface area contributed by atoms with Crippen LogP contribution in [0, 0.1) is 10.1 Å². The lowest BCUT2D eigenvalue weighted by molar-refractivity contribution is -0.384. The molecule has 404 valence electrons. The van der Waals surface area contributed by atoms with Crippen LogP contribution in [0.25, 0.3) is 34.2 Å². The van der Waals surface area contributed by atoms with Crippen LogP contribution in [0.1, 0.15) is 87.3 Å². The summed E-state index contributed by atoms with van der Waals surface area (Å²) in [5.41, 5.74) is 8.40. The molecule has 6 aromatic heterocycles. The van der Waals surface area contributed by atoms with E-state index in [2.05, 4.69) is 52.8 Å². The average Bonchev–Trinajstić information content (AvgIpc) is 3.46. The Morgan fingerprint density at radius 1 is 0.436 bits per heavy atom. The topological polar surface area (TPSA) is 212 Å². The van der Waals surface area contributed by atoms with Gasteiger partial charge < -0.3 is 14.2 Å². The van der Waals surface area contributed by atoms with E-state index in [0.29, 0.717) is 60.3 Å². The first-order chi connectivity index (χ1) is 38.0. The normalized spacial score (nSPS) is 14.5. The number of ether oxygens (including phenoxy) is 3. The zero-order valence-electron chi connectivity index (χ0n) is 44.4. The smallest absolute Gasteiger partial charge is 0.356 e. The second kappa shape index (κ2) is 28.2. The van der Waals surface area contributed by atoms with E-state index in [1.54, 1.807) is 69.3 Å². The lowest BCUT2D eigenvalue weighted by Gasteiger charge is -2.32. The number of benzene rings is 1. The van der Waals surface area contributed by atoms with Gasteiger partial charge in [0.25, 0.3) is 5.69 Å². The molecule has 7 aromatic rings. The molecule has 7 heterocycles. The first-order valence-corrected chi connectivity index (χ1v) is 26.4. The van der Waals surface area contributed by atoms with E-state index in [1.807, 2.05) is 61.1 Å². The summed E-state index contributed by atoms with van der Waals surface area (Å²) >= 11 is 0. The van der Waals surface area contributed by atoms with Crippen molar-refractivity contribution in [2.75, 3.05) is 72.2 Å². The van der Waals surface area contributed by atoms with Gasteiger partial charge in [0.15, 0.2) is 0 Å². The molecule has 1 aliphatic rings. The second-order valence-electron chi connectivity index (χ2n) is 18.8. The van der Waals surface area contributed by atoms with Gasteiger partial charge in [-0.3, -0.25) is 44.7 Å². The number of nitrogens with zero attached hydrogens (tertiary/aromatic N) is 11. The van der Waals surface area contributed by atoms with Crippen molar-refractivity contribution in [2.45, 2.75) is 59.8 Å². The standard InChI is InChI=1S/C59H65N11O8/c1-4-76-57(71)54-18-8-15-51(63-54)48-24-21-44(36-60-48)40-67-29-12-30-69(42-46-23-26-50(62-38-46)53-17-10-20-56(65-53)59(73)78-6-3)34-33-68(28-11-27-66(31-32-67)39-43-13-7-14-47(35-43)70(74)75)41-45-22-25-49(61-37-45)52-16-9-19-55(64-52)58(72)77-5-2/h7-10,13-26,35-38H,4-6,11-12,27-34,39-42H2,1-3H3. The van der Waals surface area contributed by atoms with Gasteiger partial charge in [-0.05, 0) is 137 Å². The van der Waals surface area contributed by atoms with Crippen molar-refractivity contribution in [3.05, 3.63) is 183 Å². The summed E-state index contributed by atoms with van der Waals surface area (Å²) in [5.74, 6) is -1.44. The Bertz CT molecular complexity index is 3110. The molecule has 0 aliphatic carbocycles. The molecule has 8 rings (SSSR count). The Balaban J connectivity index is 1.03. The average molecular weight is 1060 g/mol. The van der Waals surface area contributed by atoms with Gasteiger partial charge in [0, 0.05) is 83.1 Å². The van der Waals surface area contributed by atoms with Gasteiger partial charge in [0.2, 0.25) is 0 Å². The van der Waals surface area contributed by atoms with Gasteiger partial charge in [-0.1, -0.05) is 48.5 Å². The number of non-ortho nitro benzene ring substituents is 1. The fourth-order valence-electron chi connectivity index (χ4n) is 9.18. The molecule has 1 aliphatic heterocycles. The zero-order chi connectivity index (χ0) is 54.6. The van der Waals surface area contributed by atoms with Crippen LogP contribution in [0.15, 0.2) is 134 Å². The van der Waals surface area contributed by atoms with Gasteiger partial charge >= 0.3 is 17.9 Å². The molecule has 1 fully saturated rings. The van der Waals surface area contributed by atoms with Gasteiger partial charge in [-0.15, -0.1) is 0 Å². The van der Waals surface area contributed by atoms with Crippen molar-refractivity contribution >= 4 is 23.6 Å². The number of rotatable bonds is 18. The van der Waals surface area contributed by atoms with E-state index in [4.69, 9.17) is 29.2 Å². The van der Waals surface area contributed by atoms with Crippen LogP contribution < -0.4 is 0 Å². The summed E-state index contributed by atoms with van der Waals surface area (Å²) in [4.78, 5) is 86.6. The van der Waals surface area contributed by atoms with Crippen LogP contribution in [0.3, 0.4) is 0 Å². The quantitative estimate of drug-likeness (QED) is 0.0341. The van der Waals surface area contributed by atoms with E-state index in [1.165, 1.54) is 6.07 Å². The predicted octanol–water partition coefficient (Wildman–Crippen LogP) is 8.60. The van der Waals surface area contributed by atoms with Crippen molar-refractivity contribution in [2.24, 2.45) is 0 Å². The lowest BCUT2D eigenvalue weighted by atomic mass is 10.1. The predicted molar refractivity (Wildman–Crippen MR) is 294 cm³/mol. The van der Waals surface area contributed by atoms with Crippen molar-refractivity contribution in [1.82, 2.24) is 49.5 Å². The van der Waals surface area contributed by atoms with Crippen LogP contribution >= 0.6 is 0 Å². The third kappa shape index (κ3) is 16.2. The molecule has 0 atom stereocenters. The first-order valence-electron chi connectivity index (χ1n) is 26.4. The largest absolute Gasteiger partial charge is 0.461 e. The molecule has 19 heteroatoms. The van der Waals surface area contributed by atoms with Gasteiger partial charge in [0.05, 0.1) is 58.9 Å². The van der Waals surface area contributed by atoms with Crippen LogP contribution in [-0.4, -0.2) is 145 Å². The van der Waals surface area contributed by atoms with Crippen LogP contribution in [0.2, 0.25) is 0 Å². The molecule has 0 amide bonds. The highest BCUT2D eigenvalue weighted by Gasteiger charge is 2.20. The Kier molecular flexibility index (Phi) is 20.3. The van der Waals surface area contributed by atoms with E-state index in [-0.39, 0.29) is 47.5 Å².